The van der Waals surface area contributed by atoms with E-state index in [9.17, 15) is 9.59 Å². The van der Waals surface area contributed by atoms with Crippen molar-refractivity contribution in [1.29, 1.82) is 0 Å². The monoisotopic (exact) mass is 463 g/mol. The summed E-state index contributed by atoms with van der Waals surface area (Å²) in [6, 6.07) is 17.7. The van der Waals surface area contributed by atoms with Crippen molar-refractivity contribution in [2.24, 2.45) is 5.92 Å². The number of carbonyl (C=O) groups is 2. The molecule has 1 amide bonds. The number of piperazine rings is 1. The molecule has 4 rings (SSSR count). The quantitative estimate of drug-likeness (QED) is 0.358. The van der Waals surface area contributed by atoms with Gasteiger partial charge in [-0.2, -0.15) is 0 Å². The first-order chi connectivity index (χ1) is 16.0. The second-order valence-corrected chi connectivity index (χ2v) is 9.55. The number of thioether (sulfide) groups is 1. The molecule has 0 radical (unpaired) electrons. The molecule has 7 heteroatoms. The summed E-state index contributed by atoms with van der Waals surface area (Å²) in [6.45, 7) is 7.26. The number of ketones is 1. The van der Waals surface area contributed by atoms with Crippen LogP contribution in [0.25, 0.3) is 10.9 Å². The number of amides is 1. The number of ether oxygens (including phenoxy) is 1. The van der Waals surface area contributed by atoms with Crippen molar-refractivity contribution in [1.82, 2.24) is 9.88 Å². The number of hydrogen-bond donors (Lipinski definition) is 0. The van der Waals surface area contributed by atoms with E-state index >= 15 is 0 Å². The van der Waals surface area contributed by atoms with Crippen LogP contribution in [0.2, 0.25) is 0 Å². The van der Waals surface area contributed by atoms with Gasteiger partial charge in [0.1, 0.15) is 0 Å². The van der Waals surface area contributed by atoms with E-state index in [1.54, 1.807) is 22.9 Å². The third-order valence-corrected chi connectivity index (χ3v) is 6.67. The summed E-state index contributed by atoms with van der Waals surface area (Å²) in [7, 11) is 0. The van der Waals surface area contributed by atoms with Gasteiger partial charge in [-0.05, 0) is 42.3 Å². The van der Waals surface area contributed by atoms with Crippen molar-refractivity contribution in [3.63, 3.8) is 0 Å². The van der Waals surface area contributed by atoms with E-state index in [4.69, 9.17) is 4.74 Å². The second-order valence-electron chi connectivity index (χ2n) is 8.53. The third kappa shape index (κ3) is 5.85. The Labute approximate surface area is 198 Å². The Bertz CT molecular complexity index is 1100. The molecule has 33 heavy (non-hydrogen) atoms. The van der Waals surface area contributed by atoms with Crippen molar-refractivity contribution in [3.05, 3.63) is 66.4 Å². The highest BCUT2D eigenvalue weighted by molar-refractivity contribution is 8.00. The number of pyridine rings is 1. The number of aromatic nitrogens is 1. The summed E-state index contributed by atoms with van der Waals surface area (Å²) < 4.78 is 5.33. The Morgan fingerprint density at radius 3 is 2.45 bits per heavy atom. The molecule has 0 unspecified atom stereocenters. The lowest BCUT2D eigenvalue weighted by Crippen LogP contribution is -2.49. The predicted octanol–water partition coefficient (Wildman–Crippen LogP) is 5.12. The first-order valence-corrected chi connectivity index (χ1v) is 12.3. The molecular weight excluding hydrogens is 434 g/mol. The molecule has 0 saturated carbocycles. The number of anilines is 1. The Kier molecular flexibility index (Phi) is 7.50. The number of carbonyl (C=O) groups excluding carboxylic acids is 2. The molecule has 3 aromatic rings. The van der Waals surface area contributed by atoms with E-state index in [2.05, 4.69) is 9.88 Å². The van der Waals surface area contributed by atoms with Crippen LogP contribution in [-0.2, 0) is 4.74 Å². The summed E-state index contributed by atoms with van der Waals surface area (Å²) in [5.74, 6) is 0.814. The number of benzene rings is 2. The number of Topliss-reactive ketones (excluding diaryl/α,β-unsaturated/α-hetero) is 1. The van der Waals surface area contributed by atoms with Crippen LogP contribution in [0.1, 0.15) is 24.2 Å². The van der Waals surface area contributed by atoms with Gasteiger partial charge >= 0.3 is 6.09 Å². The molecule has 2 heterocycles. The fourth-order valence-electron chi connectivity index (χ4n) is 3.76. The number of hydrogen-bond acceptors (Lipinski definition) is 6. The number of fused-ring (bicyclic) bond motifs is 1. The molecule has 0 aliphatic carbocycles. The van der Waals surface area contributed by atoms with Crippen molar-refractivity contribution < 1.29 is 14.3 Å². The fraction of sp³-hybridized carbons (Fsp3) is 0.346. The van der Waals surface area contributed by atoms with Crippen molar-refractivity contribution >= 4 is 40.2 Å². The average molecular weight is 464 g/mol. The molecular formula is C26H29N3O3S. The highest BCUT2D eigenvalue weighted by Crippen LogP contribution is 2.27. The topological polar surface area (TPSA) is 62.7 Å². The Hall–Kier alpha value is -3.06. The minimum Gasteiger partial charge on any atom is -0.449 e. The lowest BCUT2D eigenvalue weighted by molar-refractivity contribution is 0.0901. The summed E-state index contributed by atoms with van der Waals surface area (Å²) in [4.78, 5) is 34.3. The zero-order chi connectivity index (χ0) is 23.2. The predicted molar refractivity (Wildman–Crippen MR) is 133 cm³/mol. The van der Waals surface area contributed by atoms with Crippen molar-refractivity contribution in [3.8, 4) is 0 Å². The fourth-order valence-corrected chi connectivity index (χ4v) is 4.70. The average Bonchev–Trinajstić information content (AvgIpc) is 2.86. The Morgan fingerprint density at radius 1 is 1.00 bits per heavy atom. The van der Waals surface area contributed by atoms with Crippen LogP contribution in [-0.4, -0.2) is 60.3 Å². The molecule has 172 valence electrons. The molecule has 6 nitrogen and oxygen atoms in total. The van der Waals surface area contributed by atoms with Gasteiger partial charge in [-0.1, -0.05) is 32.0 Å². The van der Waals surface area contributed by atoms with E-state index < -0.39 is 0 Å². The van der Waals surface area contributed by atoms with E-state index in [1.807, 2.05) is 68.4 Å². The normalized spacial score (nSPS) is 14.0. The molecule has 0 atom stereocenters. The molecule has 0 bridgehead atoms. The largest absolute Gasteiger partial charge is 0.449 e. The smallest absolute Gasteiger partial charge is 0.409 e. The summed E-state index contributed by atoms with van der Waals surface area (Å²) in [5, 5.41) is 1.07. The van der Waals surface area contributed by atoms with E-state index in [0.717, 1.165) is 34.6 Å². The summed E-state index contributed by atoms with van der Waals surface area (Å²) in [6.07, 6.45) is 1.55. The molecule has 2 aromatic carbocycles. The molecule has 1 aliphatic rings. The Balaban J connectivity index is 1.30. The molecule has 0 spiro atoms. The minimum absolute atomic E-state index is 0.102. The maximum atomic E-state index is 12.8. The molecule has 1 aliphatic heterocycles. The van der Waals surface area contributed by atoms with Gasteiger partial charge in [-0.15, -0.1) is 11.8 Å². The number of para-hydroxylation sites is 1. The molecule has 0 N–H and O–H groups in total. The van der Waals surface area contributed by atoms with Crippen LogP contribution in [0.5, 0.6) is 0 Å². The Morgan fingerprint density at radius 2 is 1.73 bits per heavy atom. The van der Waals surface area contributed by atoms with Gasteiger partial charge in [0.05, 0.1) is 17.9 Å². The van der Waals surface area contributed by atoms with Crippen LogP contribution < -0.4 is 4.90 Å². The third-order valence-electron chi connectivity index (χ3n) is 5.60. The maximum Gasteiger partial charge on any atom is 0.409 e. The van der Waals surface area contributed by atoms with Gasteiger partial charge in [0, 0.05) is 53.9 Å². The van der Waals surface area contributed by atoms with Crippen LogP contribution >= 0.6 is 11.8 Å². The first kappa shape index (κ1) is 23.1. The van der Waals surface area contributed by atoms with E-state index in [0.29, 0.717) is 36.9 Å². The van der Waals surface area contributed by atoms with E-state index in [-0.39, 0.29) is 11.9 Å². The lowest BCUT2D eigenvalue weighted by atomic mass is 10.1. The van der Waals surface area contributed by atoms with Crippen LogP contribution in [0.3, 0.4) is 0 Å². The van der Waals surface area contributed by atoms with Crippen LogP contribution in [0, 0.1) is 5.92 Å². The first-order valence-electron chi connectivity index (χ1n) is 11.3. The zero-order valence-electron chi connectivity index (χ0n) is 19.1. The number of nitrogens with zero attached hydrogens (tertiary/aromatic N) is 3. The van der Waals surface area contributed by atoms with Gasteiger partial charge in [-0.25, -0.2) is 4.79 Å². The highest BCUT2D eigenvalue weighted by Gasteiger charge is 2.22. The van der Waals surface area contributed by atoms with Gasteiger partial charge in [0.2, 0.25) is 0 Å². The van der Waals surface area contributed by atoms with E-state index in [1.165, 1.54) is 0 Å². The van der Waals surface area contributed by atoms with Crippen LogP contribution in [0.4, 0.5) is 10.5 Å². The molecule has 1 fully saturated rings. The van der Waals surface area contributed by atoms with Crippen LogP contribution in [0.15, 0.2) is 65.7 Å². The van der Waals surface area contributed by atoms with Gasteiger partial charge in [-0.3, -0.25) is 9.78 Å². The lowest BCUT2D eigenvalue weighted by Gasteiger charge is -2.35. The van der Waals surface area contributed by atoms with Gasteiger partial charge < -0.3 is 14.5 Å². The zero-order valence-corrected chi connectivity index (χ0v) is 19.9. The number of rotatable bonds is 7. The standard InChI is InChI=1S/C26H29N3O3S/c1-19(2)17-32-26(31)29-15-13-28(14-16-29)21-9-7-20(8-10-21)24(30)18-33-25-11-12-27-23-6-4-3-5-22(23)25/h3-12,19H,13-18H2,1-2H3. The molecule has 1 saturated heterocycles. The molecule has 1 aromatic heterocycles. The highest BCUT2D eigenvalue weighted by atomic mass is 32.2. The van der Waals surface area contributed by atoms with Gasteiger partial charge in [0.15, 0.2) is 5.78 Å². The summed E-state index contributed by atoms with van der Waals surface area (Å²) >= 11 is 1.54. The van der Waals surface area contributed by atoms with Crippen molar-refractivity contribution in [2.75, 3.05) is 43.4 Å². The second kappa shape index (κ2) is 10.7. The summed E-state index contributed by atoms with van der Waals surface area (Å²) in [5.41, 5.74) is 2.71. The van der Waals surface area contributed by atoms with Crippen molar-refractivity contribution in [2.45, 2.75) is 18.7 Å². The maximum absolute atomic E-state index is 12.8. The van der Waals surface area contributed by atoms with Gasteiger partial charge in [0.25, 0.3) is 0 Å². The SMILES string of the molecule is CC(C)COC(=O)N1CCN(c2ccc(C(=O)CSc3ccnc4ccccc34)cc2)CC1. The minimum atomic E-state index is -0.233.